The number of benzene rings is 2. The summed E-state index contributed by atoms with van der Waals surface area (Å²) in [6.07, 6.45) is 4.54. The molecule has 1 atom stereocenters. The van der Waals surface area contributed by atoms with Crippen LogP contribution in [0.5, 0.6) is 0 Å². The summed E-state index contributed by atoms with van der Waals surface area (Å²) in [6.45, 7) is 0. The highest BCUT2D eigenvalue weighted by Gasteiger charge is 2.17. The van der Waals surface area contributed by atoms with Crippen molar-refractivity contribution in [2.45, 2.75) is 18.8 Å². The Hall–Kier alpha value is -3.87. The summed E-state index contributed by atoms with van der Waals surface area (Å²) >= 11 is 0. The first-order valence-electron chi connectivity index (χ1n) is 9.30. The molecule has 2 aromatic carbocycles. The van der Waals surface area contributed by atoms with Gasteiger partial charge in [0.15, 0.2) is 0 Å². The van der Waals surface area contributed by atoms with Crippen molar-refractivity contribution in [2.75, 3.05) is 0 Å². The van der Waals surface area contributed by atoms with Crippen LogP contribution in [-0.2, 0) is 11.2 Å². The van der Waals surface area contributed by atoms with Gasteiger partial charge in [-0.3, -0.25) is 9.78 Å². The number of hydrogen-bond donors (Lipinski definition) is 2. The van der Waals surface area contributed by atoms with Crippen LogP contribution in [0.4, 0.5) is 0 Å². The third-order valence-electron chi connectivity index (χ3n) is 4.81. The highest BCUT2D eigenvalue weighted by molar-refractivity contribution is 5.75. The lowest BCUT2D eigenvalue weighted by molar-refractivity contribution is -0.118. The van der Waals surface area contributed by atoms with Gasteiger partial charge in [0.25, 0.3) is 0 Å². The van der Waals surface area contributed by atoms with Crippen molar-refractivity contribution in [3.8, 4) is 22.5 Å². The van der Waals surface area contributed by atoms with E-state index in [1.54, 1.807) is 6.20 Å². The molecule has 3 N–H and O–H groups in total. The SMILES string of the molecule is NC(=O)CC(Cc1cccc(-c2cccnc2)c1)c1cccc(-c2nn[nH]n2)c1. The molecule has 7 heteroatoms. The number of hydrogen-bond acceptors (Lipinski definition) is 5. The van der Waals surface area contributed by atoms with E-state index in [9.17, 15) is 4.79 Å². The highest BCUT2D eigenvalue weighted by Crippen LogP contribution is 2.29. The number of aromatic nitrogens is 5. The zero-order valence-corrected chi connectivity index (χ0v) is 15.7. The van der Waals surface area contributed by atoms with E-state index in [2.05, 4.69) is 43.8 Å². The molecule has 0 bridgehead atoms. The molecule has 2 aromatic heterocycles. The van der Waals surface area contributed by atoms with Crippen LogP contribution in [-0.4, -0.2) is 31.5 Å². The summed E-state index contributed by atoms with van der Waals surface area (Å²) in [5.74, 6) is 0.134. The Morgan fingerprint density at radius 2 is 1.83 bits per heavy atom. The normalized spacial score (nSPS) is 11.9. The fourth-order valence-corrected chi connectivity index (χ4v) is 3.46. The van der Waals surface area contributed by atoms with E-state index < -0.39 is 0 Å². The number of carbonyl (C=O) groups is 1. The highest BCUT2D eigenvalue weighted by atomic mass is 16.1. The van der Waals surface area contributed by atoms with E-state index in [1.807, 2.05) is 48.7 Å². The molecule has 0 spiro atoms. The van der Waals surface area contributed by atoms with Gasteiger partial charge in [0.1, 0.15) is 0 Å². The number of amides is 1. The van der Waals surface area contributed by atoms with Crippen molar-refractivity contribution >= 4 is 5.91 Å². The monoisotopic (exact) mass is 384 g/mol. The lowest BCUT2D eigenvalue weighted by Gasteiger charge is -2.17. The van der Waals surface area contributed by atoms with Gasteiger partial charge in [0.05, 0.1) is 0 Å². The largest absolute Gasteiger partial charge is 0.370 e. The maximum absolute atomic E-state index is 11.7. The van der Waals surface area contributed by atoms with Crippen LogP contribution >= 0.6 is 0 Å². The van der Waals surface area contributed by atoms with Crippen LogP contribution in [0.25, 0.3) is 22.5 Å². The summed E-state index contributed by atoms with van der Waals surface area (Å²) in [5.41, 5.74) is 10.7. The molecule has 0 aliphatic carbocycles. The standard InChI is InChI=1S/C22H20N6O/c23-21(29)13-20(17-6-2-7-18(12-17)22-25-27-28-26-22)11-15-4-1-5-16(10-15)19-8-3-9-24-14-19/h1-10,12,14,20H,11,13H2,(H2,23,29)(H,25,26,27,28). The van der Waals surface area contributed by atoms with E-state index in [0.29, 0.717) is 12.2 Å². The van der Waals surface area contributed by atoms with E-state index >= 15 is 0 Å². The molecular formula is C22H20N6O. The van der Waals surface area contributed by atoms with Gasteiger partial charge in [-0.15, -0.1) is 10.2 Å². The third-order valence-corrected chi connectivity index (χ3v) is 4.81. The summed E-state index contributed by atoms with van der Waals surface area (Å²) in [4.78, 5) is 15.9. The second-order valence-electron chi connectivity index (χ2n) is 6.87. The number of nitrogens with one attached hydrogen (secondary N) is 1. The number of rotatable bonds is 7. The van der Waals surface area contributed by atoms with Gasteiger partial charge in [-0.2, -0.15) is 5.21 Å². The molecule has 144 valence electrons. The number of tetrazole rings is 1. The third kappa shape index (κ3) is 4.52. The van der Waals surface area contributed by atoms with Crippen molar-refractivity contribution in [3.63, 3.8) is 0 Å². The molecule has 1 amide bonds. The van der Waals surface area contributed by atoms with Crippen LogP contribution in [0.15, 0.2) is 73.1 Å². The Morgan fingerprint density at radius 1 is 1.00 bits per heavy atom. The van der Waals surface area contributed by atoms with Gasteiger partial charge in [0.2, 0.25) is 11.7 Å². The smallest absolute Gasteiger partial charge is 0.218 e. The minimum Gasteiger partial charge on any atom is -0.370 e. The lowest BCUT2D eigenvalue weighted by atomic mass is 9.87. The molecule has 0 fully saturated rings. The fourth-order valence-electron chi connectivity index (χ4n) is 3.46. The van der Waals surface area contributed by atoms with Gasteiger partial charge in [0, 0.05) is 24.4 Å². The zero-order chi connectivity index (χ0) is 20.1. The Bertz CT molecular complexity index is 1100. The molecule has 0 aliphatic rings. The van der Waals surface area contributed by atoms with Crippen LogP contribution < -0.4 is 5.73 Å². The van der Waals surface area contributed by atoms with Crippen LogP contribution in [0, 0.1) is 0 Å². The summed E-state index contributed by atoms with van der Waals surface area (Å²) in [6, 6.07) is 20.1. The first-order valence-corrected chi connectivity index (χ1v) is 9.30. The van der Waals surface area contributed by atoms with Crippen molar-refractivity contribution in [3.05, 3.63) is 84.2 Å². The average molecular weight is 384 g/mol. The van der Waals surface area contributed by atoms with Gasteiger partial charge in [-0.1, -0.05) is 48.5 Å². The summed E-state index contributed by atoms with van der Waals surface area (Å²) in [7, 11) is 0. The van der Waals surface area contributed by atoms with Gasteiger partial charge < -0.3 is 5.73 Å². The molecule has 4 rings (SSSR count). The second-order valence-corrected chi connectivity index (χ2v) is 6.87. The average Bonchev–Trinajstić information content (AvgIpc) is 3.29. The Kier molecular flexibility index (Phi) is 5.38. The van der Waals surface area contributed by atoms with Gasteiger partial charge >= 0.3 is 0 Å². The maximum atomic E-state index is 11.7. The molecule has 4 aromatic rings. The van der Waals surface area contributed by atoms with Crippen molar-refractivity contribution in [2.24, 2.45) is 5.73 Å². The number of nitrogens with two attached hydrogens (primary N) is 1. The molecule has 7 nitrogen and oxygen atoms in total. The Labute approximate surface area is 168 Å². The number of aromatic amines is 1. The van der Waals surface area contributed by atoms with Crippen LogP contribution in [0.3, 0.4) is 0 Å². The first kappa shape index (κ1) is 18.5. The van der Waals surface area contributed by atoms with Gasteiger partial charge in [-0.05, 0) is 51.9 Å². The number of nitrogens with zero attached hydrogens (tertiary/aromatic N) is 4. The predicted octanol–water partition coefficient (Wildman–Crippen LogP) is 3.13. The molecule has 0 radical (unpaired) electrons. The van der Waals surface area contributed by atoms with Crippen LogP contribution in [0.2, 0.25) is 0 Å². The number of H-pyrrole nitrogens is 1. The first-order chi connectivity index (χ1) is 14.2. The van der Waals surface area contributed by atoms with Crippen molar-refractivity contribution < 1.29 is 4.79 Å². The molecule has 0 aliphatic heterocycles. The molecular weight excluding hydrogens is 364 g/mol. The van der Waals surface area contributed by atoms with E-state index in [0.717, 1.165) is 27.8 Å². The van der Waals surface area contributed by atoms with Crippen LogP contribution in [0.1, 0.15) is 23.5 Å². The Balaban J connectivity index is 1.63. The number of carbonyl (C=O) groups excluding carboxylic acids is 1. The Morgan fingerprint density at radius 3 is 2.59 bits per heavy atom. The molecule has 0 saturated carbocycles. The number of primary amides is 1. The molecule has 2 heterocycles. The molecule has 29 heavy (non-hydrogen) atoms. The fraction of sp³-hybridized carbons (Fsp3) is 0.136. The van der Waals surface area contributed by atoms with E-state index in [-0.39, 0.29) is 18.2 Å². The van der Waals surface area contributed by atoms with E-state index in [1.165, 1.54) is 0 Å². The van der Waals surface area contributed by atoms with Crippen molar-refractivity contribution in [1.82, 2.24) is 25.6 Å². The lowest BCUT2D eigenvalue weighted by Crippen LogP contribution is -2.17. The topological polar surface area (TPSA) is 110 Å². The minimum atomic E-state index is -0.330. The number of pyridine rings is 1. The predicted molar refractivity (Wildman–Crippen MR) is 110 cm³/mol. The zero-order valence-electron chi connectivity index (χ0n) is 15.7. The van der Waals surface area contributed by atoms with Crippen molar-refractivity contribution in [1.29, 1.82) is 0 Å². The second kappa shape index (κ2) is 8.43. The quantitative estimate of drug-likeness (QED) is 0.509. The minimum absolute atomic E-state index is 0.0523. The molecule has 0 saturated heterocycles. The van der Waals surface area contributed by atoms with Gasteiger partial charge in [-0.25, -0.2) is 0 Å². The summed E-state index contributed by atoms with van der Waals surface area (Å²) in [5, 5.41) is 14.1. The van der Waals surface area contributed by atoms with E-state index in [4.69, 9.17) is 5.73 Å². The summed E-state index contributed by atoms with van der Waals surface area (Å²) < 4.78 is 0. The molecule has 1 unspecified atom stereocenters. The maximum Gasteiger partial charge on any atom is 0.218 e.